The van der Waals surface area contributed by atoms with E-state index in [-0.39, 0.29) is 0 Å². The van der Waals surface area contributed by atoms with Gasteiger partial charge in [0.2, 0.25) is 0 Å². The van der Waals surface area contributed by atoms with Gasteiger partial charge in [0.05, 0.1) is 19.8 Å². The first-order valence-electron chi connectivity index (χ1n) is 6.75. The minimum atomic E-state index is 0.668. The van der Waals surface area contributed by atoms with Crippen molar-refractivity contribution in [2.75, 3.05) is 13.2 Å². The summed E-state index contributed by atoms with van der Waals surface area (Å²) in [6.45, 7) is 2.79. The van der Waals surface area contributed by atoms with Crippen LogP contribution in [-0.4, -0.2) is 28.0 Å². The molecule has 0 atom stereocenters. The topological polar surface area (TPSA) is 61.2 Å². The Morgan fingerprint density at radius 2 is 2.15 bits per heavy atom. The van der Waals surface area contributed by atoms with Crippen LogP contribution in [0.15, 0.2) is 24.5 Å². The van der Waals surface area contributed by atoms with Crippen molar-refractivity contribution in [3.63, 3.8) is 0 Å². The van der Waals surface area contributed by atoms with Gasteiger partial charge in [-0.25, -0.2) is 0 Å². The monoisotopic (exact) mass is 274 g/mol. The van der Waals surface area contributed by atoms with E-state index in [1.54, 1.807) is 6.33 Å². The van der Waals surface area contributed by atoms with E-state index in [4.69, 9.17) is 9.47 Å². The maximum absolute atomic E-state index is 5.79. The number of hydrogen-bond acceptors (Lipinski definition) is 5. The van der Waals surface area contributed by atoms with Crippen LogP contribution in [0.25, 0.3) is 0 Å². The summed E-state index contributed by atoms with van der Waals surface area (Å²) in [5, 5.41) is 11.3. The summed E-state index contributed by atoms with van der Waals surface area (Å²) in [6.07, 6.45) is 2.61. The van der Waals surface area contributed by atoms with Gasteiger partial charge in [-0.05, 0) is 6.07 Å². The van der Waals surface area contributed by atoms with Gasteiger partial charge in [-0.2, -0.15) is 0 Å². The van der Waals surface area contributed by atoms with Crippen molar-refractivity contribution in [3.05, 3.63) is 35.9 Å². The van der Waals surface area contributed by atoms with Crippen LogP contribution in [0.4, 0.5) is 0 Å². The third-order valence-corrected chi connectivity index (χ3v) is 3.26. The molecule has 0 unspecified atom stereocenters. The van der Waals surface area contributed by atoms with Gasteiger partial charge in [-0.1, -0.05) is 12.1 Å². The van der Waals surface area contributed by atoms with Gasteiger partial charge in [0, 0.05) is 25.6 Å². The van der Waals surface area contributed by atoms with Crippen molar-refractivity contribution in [1.82, 2.24) is 20.1 Å². The Hall–Kier alpha value is -2.08. The molecule has 0 saturated carbocycles. The summed E-state index contributed by atoms with van der Waals surface area (Å²) in [5.74, 6) is 2.60. The zero-order valence-electron chi connectivity index (χ0n) is 11.5. The number of rotatable bonds is 4. The van der Waals surface area contributed by atoms with E-state index in [2.05, 4.69) is 21.6 Å². The quantitative estimate of drug-likeness (QED) is 0.909. The van der Waals surface area contributed by atoms with Crippen LogP contribution in [0.3, 0.4) is 0 Å². The molecule has 0 radical (unpaired) electrons. The minimum Gasteiger partial charge on any atom is -0.490 e. The molecule has 0 bridgehead atoms. The summed E-state index contributed by atoms with van der Waals surface area (Å²) in [4.78, 5) is 0. The highest BCUT2D eigenvalue weighted by atomic mass is 16.5. The minimum absolute atomic E-state index is 0.668. The lowest BCUT2D eigenvalue weighted by molar-refractivity contribution is 0.296. The third-order valence-electron chi connectivity index (χ3n) is 3.26. The molecule has 6 nitrogen and oxygen atoms in total. The first kappa shape index (κ1) is 12.9. The molecule has 2 heterocycles. The summed E-state index contributed by atoms with van der Waals surface area (Å²) in [6, 6.07) is 6.00. The van der Waals surface area contributed by atoms with Crippen LogP contribution < -0.4 is 14.8 Å². The first-order valence-corrected chi connectivity index (χ1v) is 6.75. The molecule has 1 aliphatic rings. The van der Waals surface area contributed by atoms with Crippen molar-refractivity contribution in [2.45, 2.75) is 19.5 Å². The molecule has 1 N–H and O–H groups in total. The number of nitrogens with zero attached hydrogens (tertiary/aromatic N) is 3. The zero-order valence-corrected chi connectivity index (χ0v) is 11.5. The van der Waals surface area contributed by atoms with Gasteiger partial charge in [-0.15, -0.1) is 10.2 Å². The number of aromatic nitrogens is 3. The molecule has 3 rings (SSSR count). The first-order chi connectivity index (χ1) is 9.84. The highest BCUT2D eigenvalue weighted by Crippen LogP contribution is 2.33. The lowest BCUT2D eigenvalue weighted by atomic mass is 10.2. The molecule has 0 amide bonds. The highest BCUT2D eigenvalue weighted by molar-refractivity contribution is 5.47. The number of fused-ring (bicyclic) bond motifs is 1. The average molecular weight is 274 g/mol. The molecule has 20 heavy (non-hydrogen) atoms. The summed E-state index contributed by atoms with van der Waals surface area (Å²) < 4.78 is 13.4. The molecule has 1 aliphatic heterocycles. The van der Waals surface area contributed by atoms with Crippen LogP contribution in [0.5, 0.6) is 11.5 Å². The smallest absolute Gasteiger partial charge is 0.165 e. The SMILES string of the molecule is Cn1cnnc1CNCc1cccc2c1OCCCO2. The fourth-order valence-electron chi connectivity index (χ4n) is 2.17. The van der Waals surface area contributed by atoms with E-state index >= 15 is 0 Å². The lowest BCUT2D eigenvalue weighted by Crippen LogP contribution is -2.16. The molecule has 0 aliphatic carbocycles. The highest BCUT2D eigenvalue weighted by Gasteiger charge is 2.14. The molecule has 6 heteroatoms. The van der Waals surface area contributed by atoms with Crippen LogP contribution in [0.1, 0.15) is 17.8 Å². The predicted octanol–water partition coefficient (Wildman–Crippen LogP) is 1.27. The Kier molecular flexibility index (Phi) is 3.83. The van der Waals surface area contributed by atoms with Crippen LogP contribution >= 0.6 is 0 Å². The van der Waals surface area contributed by atoms with Crippen LogP contribution in [0.2, 0.25) is 0 Å². The zero-order chi connectivity index (χ0) is 13.8. The van der Waals surface area contributed by atoms with Crippen molar-refractivity contribution in [1.29, 1.82) is 0 Å². The Balaban J connectivity index is 1.67. The van der Waals surface area contributed by atoms with Crippen molar-refractivity contribution in [3.8, 4) is 11.5 Å². The normalized spacial score (nSPS) is 14.1. The third kappa shape index (κ3) is 2.75. The molecule has 0 fully saturated rings. The Labute approximate surface area is 117 Å². The van der Waals surface area contributed by atoms with Gasteiger partial charge in [0.15, 0.2) is 11.5 Å². The number of aryl methyl sites for hydroxylation is 1. The Bertz CT molecular complexity index is 582. The van der Waals surface area contributed by atoms with Crippen molar-refractivity contribution in [2.24, 2.45) is 7.05 Å². The molecule has 0 spiro atoms. The molecule has 1 aromatic carbocycles. The number of para-hydroxylation sites is 1. The van der Waals surface area contributed by atoms with E-state index in [0.717, 1.165) is 29.3 Å². The lowest BCUT2D eigenvalue weighted by Gasteiger charge is -2.12. The summed E-state index contributed by atoms with van der Waals surface area (Å²) in [7, 11) is 1.93. The fraction of sp³-hybridized carbons (Fsp3) is 0.429. The van der Waals surface area contributed by atoms with Gasteiger partial charge in [0.1, 0.15) is 12.2 Å². The molecular formula is C14H18N4O2. The predicted molar refractivity (Wildman–Crippen MR) is 73.6 cm³/mol. The van der Waals surface area contributed by atoms with Gasteiger partial charge < -0.3 is 19.4 Å². The average Bonchev–Trinajstić information content (AvgIpc) is 2.73. The van der Waals surface area contributed by atoms with Crippen molar-refractivity contribution < 1.29 is 9.47 Å². The van der Waals surface area contributed by atoms with E-state index in [9.17, 15) is 0 Å². The van der Waals surface area contributed by atoms with Gasteiger partial charge in [0.25, 0.3) is 0 Å². The second kappa shape index (κ2) is 5.92. The largest absolute Gasteiger partial charge is 0.490 e. The second-order valence-electron chi connectivity index (χ2n) is 4.76. The Morgan fingerprint density at radius 3 is 3.00 bits per heavy atom. The molecule has 106 valence electrons. The number of benzene rings is 1. The van der Waals surface area contributed by atoms with Crippen LogP contribution in [0, 0.1) is 0 Å². The van der Waals surface area contributed by atoms with E-state index < -0.39 is 0 Å². The molecule has 1 aromatic heterocycles. The van der Waals surface area contributed by atoms with Crippen LogP contribution in [-0.2, 0) is 20.1 Å². The number of ether oxygens (including phenoxy) is 2. The molecule has 2 aromatic rings. The fourth-order valence-corrected chi connectivity index (χ4v) is 2.17. The van der Waals surface area contributed by atoms with E-state index in [0.29, 0.717) is 26.3 Å². The van der Waals surface area contributed by atoms with Crippen molar-refractivity contribution >= 4 is 0 Å². The van der Waals surface area contributed by atoms with Gasteiger partial charge in [-0.3, -0.25) is 0 Å². The molecule has 0 saturated heterocycles. The maximum Gasteiger partial charge on any atom is 0.165 e. The number of nitrogens with one attached hydrogen (secondary N) is 1. The molecular weight excluding hydrogens is 256 g/mol. The summed E-state index contributed by atoms with van der Waals surface area (Å²) >= 11 is 0. The van der Waals surface area contributed by atoms with E-state index in [1.807, 2.05) is 23.7 Å². The van der Waals surface area contributed by atoms with Gasteiger partial charge >= 0.3 is 0 Å². The number of hydrogen-bond donors (Lipinski definition) is 1. The Morgan fingerprint density at radius 1 is 1.25 bits per heavy atom. The maximum atomic E-state index is 5.79. The standard InChI is InChI=1S/C14H18N4O2/c1-18-10-16-17-13(18)9-15-8-11-4-2-5-12-14(11)20-7-3-6-19-12/h2,4-5,10,15H,3,6-9H2,1H3. The summed E-state index contributed by atoms with van der Waals surface area (Å²) in [5.41, 5.74) is 1.10. The van der Waals surface area contributed by atoms with E-state index in [1.165, 1.54) is 0 Å². The second-order valence-corrected chi connectivity index (χ2v) is 4.76.